The largest absolute Gasteiger partial charge is 0.381 e. The molecule has 1 unspecified atom stereocenters. The van der Waals surface area contributed by atoms with Gasteiger partial charge >= 0.3 is 6.03 Å². The van der Waals surface area contributed by atoms with Crippen LogP contribution in [0, 0.1) is 5.92 Å². The molecule has 1 N–H and O–H groups in total. The van der Waals surface area contributed by atoms with Crippen LogP contribution in [0.3, 0.4) is 0 Å². The van der Waals surface area contributed by atoms with Crippen LogP contribution in [0.5, 0.6) is 0 Å². The van der Waals surface area contributed by atoms with Gasteiger partial charge in [-0.05, 0) is 43.6 Å². The van der Waals surface area contributed by atoms with E-state index in [2.05, 4.69) is 36.5 Å². The van der Waals surface area contributed by atoms with Crippen molar-refractivity contribution in [1.29, 1.82) is 0 Å². The van der Waals surface area contributed by atoms with Crippen molar-refractivity contribution in [1.82, 2.24) is 10.2 Å². The number of nitrogens with zero attached hydrogens (tertiary/aromatic N) is 1. The molecule has 1 atom stereocenters. The topological polar surface area (TPSA) is 41.6 Å². The lowest BCUT2D eigenvalue weighted by Gasteiger charge is -2.38. The van der Waals surface area contributed by atoms with Crippen LogP contribution < -0.4 is 5.32 Å². The Morgan fingerprint density at radius 2 is 1.96 bits per heavy atom. The first-order valence-corrected chi connectivity index (χ1v) is 9.36. The van der Waals surface area contributed by atoms with Crippen LogP contribution in [0.2, 0.25) is 0 Å². The molecule has 1 aromatic rings. The molecular weight excluding hydrogens is 300 g/mol. The smallest absolute Gasteiger partial charge is 0.317 e. The third kappa shape index (κ3) is 4.10. The first-order chi connectivity index (χ1) is 11.7. The summed E-state index contributed by atoms with van der Waals surface area (Å²) in [5.41, 5.74) is 1.33. The standard InChI is InChI=1S/C20H30N2O2/c1-17-6-5-12-22(13-9-17)19(23)21-16-20(10-14-24-15-11-20)18-7-3-2-4-8-18/h2-4,7-8,17H,5-6,9-16H2,1H3,(H,21,23). The van der Waals surface area contributed by atoms with Crippen molar-refractivity contribution in [2.75, 3.05) is 32.8 Å². The quantitative estimate of drug-likeness (QED) is 0.920. The number of rotatable bonds is 3. The normalized spacial score (nSPS) is 24.2. The van der Waals surface area contributed by atoms with E-state index in [1.807, 2.05) is 11.0 Å². The lowest BCUT2D eigenvalue weighted by atomic mass is 9.74. The summed E-state index contributed by atoms with van der Waals surface area (Å²) in [6.07, 6.45) is 5.40. The molecule has 0 radical (unpaired) electrons. The summed E-state index contributed by atoms with van der Waals surface area (Å²) in [5.74, 6) is 0.731. The predicted octanol–water partition coefficient (Wildman–Crippen LogP) is 3.57. The molecule has 3 rings (SSSR count). The highest BCUT2D eigenvalue weighted by atomic mass is 16.5. The molecule has 2 fully saturated rings. The predicted molar refractivity (Wildman–Crippen MR) is 96.2 cm³/mol. The molecule has 2 aliphatic heterocycles. The van der Waals surface area contributed by atoms with Gasteiger partial charge in [-0.15, -0.1) is 0 Å². The van der Waals surface area contributed by atoms with E-state index in [9.17, 15) is 4.79 Å². The second kappa shape index (κ2) is 8.02. The van der Waals surface area contributed by atoms with Crippen LogP contribution in [0.1, 0.15) is 44.6 Å². The van der Waals surface area contributed by atoms with Crippen LogP contribution in [-0.4, -0.2) is 43.8 Å². The Bertz CT molecular complexity index is 526. The zero-order valence-corrected chi connectivity index (χ0v) is 14.8. The van der Waals surface area contributed by atoms with Crippen molar-refractivity contribution in [3.63, 3.8) is 0 Å². The van der Waals surface area contributed by atoms with Crippen LogP contribution in [0.4, 0.5) is 4.79 Å². The van der Waals surface area contributed by atoms with Gasteiger partial charge in [0.15, 0.2) is 0 Å². The second-order valence-electron chi connectivity index (χ2n) is 7.44. The highest BCUT2D eigenvalue weighted by Gasteiger charge is 2.35. The first-order valence-electron chi connectivity index (χ1n) is 9.36. The van der Waals surface area contributed by atoms with E-state index in [-0.39, 0.29) is 11.4 Å². The zero-order chi connectivity index (χ0) is 16.8. The Morgan fingerprint density at radius 1 is 1.21 bits per heavy atom. The summed E-state index contributed by atoms with van der Waals surface area (Å²) < 4.78 is 5.57. The molecule has 0 aliphatic carbocycles. The van der Waals surface area contributed by atoms with Crippen molar-refractivity contribution in [3.8, 4) is 0 Å². The minimum atomic E-state index is 0.00824. The van der Waals surface area contributed by atoms with Gasteiger partial charge < -0.3 is 15.0 Å². The van der Waals surface area contributed by atoms with Crippen molar-refractivity contribution >= 4 is 6.03 Å². The molecule has 2 aliphatic rings. The number of amides is 2. The Balaban J connectivity index is 1.64. The van der Waals surface area contributed by atoms with Gasteiger partial charge in [-0.2, -0.15) is 0 Å². The average Bonchev–Trinajstić information content (AvgIpc) is 2.86. The van der Waals surface area contributed by atoms with E-state index in [0.717, 1.165) is 57.9 Å². The van der Waals surface area contributed by atoms with Crippen LogP contribution >= 0.6 is 0 Å². The van der Waals surface area contributed by atoms with E-state index in [4.69, 9.17) is 4.74 Å². The summed E-state index contributed by atoms with van der Waals surface area (Å²) in [4.78, 5) is 14.7. The Morgan fingerprint density at radius 3 is 2.71 bits per heavy atom. The van der Waals surface area contributed by atoms with E-state index in [1.165, 1.54) is 12.0 Å². The fraction of sp³-hybridized carbons (Fsp3) is 0.650. The van der Waals surface area contributed by atoms with Gasteiger partial charge in [0.1, 0.15) is 0 Å². The number of urea groups is 1. The zero-order valence-electron chi connectivity index (χ0n) is 14.8. The number of likely N-dealkylation sites (tertiary alicyclic amines) is 1. The second-order valence-corrected chi connectivity index (χ2v) is 7.44. The van der Waals surface area contributed by atoms with Crippen LogP contribution in [0.15, 0.2) is 30.3 Å². The lowest BCUT2D eigenvalue weighted by Crippen LogP contribution is -2.48. The van der Waals surface area contributed by atoms with Crippen molar-refractivity contribution in [2.45, 2.75) is 44.4 Å². The highest BCUT2D eigenvalue weighted by Crippen LogP contribution is 2.34. The van der Waals surface area contributed by atoms with Crippen molar-refractivity contribution < 1.29 is 9.53 Å². The molecule has 4 nitrogen and oxygen atoms in total. The number of carbonyl (C=O) groups excluding carboxylic acids is 1. The van der Waals surface area contributed by atoms with Crippen molar-refractivity contribution in [3.05, 3.63) is 35.9 Å². The summed E-state index contributed by atoms with van der Waals surface area (Å²) in [7, 11) is 0. The number of hydrogen-bond donors (Lipinski definition) is 1. The van der Waals surface area contributed by atoms with E-state index >= 15 is 0 Å². The monoisotopic (exact) mass is 330 g/mol. The Hall–Kier alpha value is -1.55. The summed E-state index contributed by atoms with van der Waals surface area (Å²) in [6.45, 7) is 6.29. The number of benzene rings is 1. The molecule has 0 aromatic heterocycles. The minimum Gasteiger partial charge on any atom is -0.381 e. The molecule has 0 saturated carbocycles. The molecule has 24 heavy (non-hydrogen) atoms. The Labute approximate surface area is 145 Å². The molecule has 2 amide bonds. The van der Waals surface area contributed by atoms with E-state index < -0.39 is 0 Å². The number of nitrogens with one attached hydrogen (secondary N) is 1. The Kier molecular flexibility index (Phi) is 5.77. The molecule has 2 saturated heterocycles. The molecule has 1 aromatic carbocycles. The average molecular weight is 330 g/mol. The molecule has 0 spiro atoms. The molecular formula is C20H30N2O2. The summed E-state index contributed by atoms with van der Waals surface area (Å²) >= 11 is 0. The van der Waals surface area contributed by atoms with Gasteiger partial charge in [-0.1, -0.05) is 37.3 Å². The molecule has 0 bridgehead atoms. The van der Waals surface area contributed by atoms with Gasteiger partial charge in [0, 0.05) is 38.3 Å². The maximum absolute atomic E-state index is 12.7. The summed E-state index contributed by atoms with van der Waals surface area (Å²) in [5, 5.41) is 3.24. The number of hydrogen-bond acceptors (Lipinski definition) is 2. The molecule has 2 heterocycles. The van der Waals surface area contributed by atoms with Gasteiger partial charge in [-0.25, -0.2) is 4.79 Å². The van der Waals surface area contributed by atoms with Gasteiger partial charge in [0.05, 0.1) is 0 Å². The maximum Gasteiger partial charge on any atom is 0.317 e. The van der Waals surface area contributed by atoms with Crippen LogP contribution in [-0.2, 0) is 10.2 Å². The fourth-order valence-corrected chi connectivity index (χ4v) is 3.94. The molecule has 4 heteroatoms. The SMILES string of the molecule is CC1CCCN(C(=O)NCC2(c3ccccc3)CCOCC2)CC1. The fourth-order valence-electron chi connectivity index (χ4n) is 3.94. The summed E-state index contributed by atoms with van der Waals surface area (Å²) in [6, 6.07) is 10.7. The van der Waals surface area contributed by atoms with E-state index in [1.54, 1.807) is 0 Å². The van der Waals surface area contributed by atoms with Gasteiger partial charge in [0.25, 0.3) is 0 Å². The first kappa shape index (κ1) is 17.3. The lowest BCUT2D eigenvalue weighted by molar-refractivity contribution is 0.0501. The minimum absolute atomic E-state index is 0.00824. The van der Waals surface area contributed by atoms with Gasteiger partial charge in [-0.3, -0.25) is 0 Å². The number of ether oxygens (including phenoxy) is 1. The highest BCUT2D eigenvalue weighted by molar-refractivity contribution is 5.74. The molecule has 132 valence electrons. The van der Waals surface area contributed by atoms with Gasteiger partial charge in [0.2, 0.25) is 0 Å². The van der Waals surface area contributed by atoms with E-state index in [0.29, 0.717) is 6.54 Å². The van der Waals surface area contributed by atoms with Crippen LogP contribution in [0.25, 0.3) is 0 Å². The maximum atomic E-state index is 12.7. The number of carbonyl (C=O) groups is 1. The third-order valence-corrected chi connectivity index (χ3v) is 5.72. The third-order valence-electron chi connectivity index (χ3n) is 5.72. The van der Waals surface area contributed by atoms with Crippen molar-refractivity contribution in [2.24, 2.45) is 5.92 Å².